The van der Waals surface area contributed by atoms with Gasteiger partial charge in [0.15, 0.2) is 5.75 Å². The number of hydrogen-bond acceptors (Lipinski definition) is 4. The molecule has 1 N–H and O–H groups in total. The molecule has 5 nitrogen and oxygen atoms in total. The first-order chi connectivity index (χ1) is 16.1. The van der Waals surface area contributed by atoms with Crippen LogP contribution in [0, 0.1) is 0 Å². The van der Waals surface area contributed by atoms with E-state index in [1.54, 1.807) is 0 Å². The maximum absolute atomic E-state index is 13.1. The van der Waals surface area contributed by atoms with Gasteiger partial charge in [0.1, 0.15) is 0 Å². The molecule has 0 aliphatic carbocycles. The minimum atomic E-state index is -4.36. The first-order valence-electron chi connectivity index (χ1n) is 12.7. The van der Waals surface area contributed by atoms with Crippen LogP contribution in [0.25, 0.3) is 0 Å². The Morgan fingerprint density at radius 3 is 1.54 bits per heavy atom. The number of benzene rings is 2. The highest BCUT2D eigenvalue weighted by atomic mass is 32.2. The average molecular weight is 502 g/mol. The molecule has 2 aromatic carbocycles. The summed E-state index contributed by atoms with van der Waals surface area (Å²) < 4.78 is 33.9. The minimum absolute atomic E-state index is 0.0230. The second kappa shape index (κ2) is 11.6. The van der Waals surface area contributed by atoms with Crippen LogP contribution in [0.3, 0.4) is 0 Å². The molecule has 0 bridgehead atoms. The maximum atomic E-state index is 13.1. The van der Waals surface area contributed by atoms with Crippen LogP contribution >= 0.6 is 0 Å². The highest BCUT2D eigenvalue weighted by molar-refractivity contribution is 7.85. The molecule has 0 saturated heterocycles. The fraction of sp³-hybridized carbons (Fsp3) is 0.552. The van der Waals surface area contributed by atoms with Gasteiger partial charge in [-0.15, -0.1) is 0 Å². The molecule has 0 aliphatic rings. The van der Waals surface area contributed by atoms with E-state index in [2.05, 4.69) is 46.3 Å². The normalized spacial score (nSPS) is 12.3. The van der Waals surface area contributed by atoms with E-state index in [1.165, 1.54) is 0 Å². The largest absolute Gasteiger partial charge is 0.409 e. The molecule has 2 rings (SSSR count). The van der Waals surface area contributed by atoms with Crippen molar-refractivity contribution < 1.29 is 17.4 Å². The Morgan fingerprint density at radius 2 is 1.17 bits per heavy atom. The van der Waals surface area contributed by atoms with E-state index in [4.69, 9.17) is 4.18 Å². The van der Waals surface area contributed by atoms with Crippen LogP contribution in [0.4, 0.5) is 0 Å². The first kappa shape index (κ1) is 28.9. The van der Waals surface area contributed by atoms with Gasteiger partial charge >= 0.3 is 10.3 Å². The molecular formula is C29H43NO4S. The van der Waals surface area contributed by atoms with Crippen LogP contribution in [-0.4, -0.2) is 14.3 Å². The summed E-state index contributed by atoms with van der Waals surface area (Å²) in [5.74, 6) is 0.557. The van der Waals surface area contributed by atoms with Crippen LogP contribution in [0.2, 0.25) is 0 Å². The summed E-state index contributed by atoms with van der Waals surface area (Å²) in [5.41, 5.74) is 5.78. The molecule has 35 heavy (non-hydrogen) atoms. The Morgan fingerprint density at radius 1 is 0.743 bits per heavy atom. The molecule has 0 atom stereocenters. The van der Waals surface area contributed by atoms with Crippen molar-refractivity contribution >= 4 is 16.2 Å². The topological polar surface area (TPSA) is 72.5 Å². The zero-order chi connectivity index (χ0) is 26.7. The van der Waals surface area contributed by atoms with Crippen molar-refractivity contribution in [3.05, 3.63) is 63.7 Å². The zero-order valence-corrected chi connectivity index (χ0v) is 23.8. The molecule has 0 fully saturated rings. The highest BCUT2D eigenvalue weighted by Crippen LogP contribution is 2.38. The SMILES string of the molecule is CC(C)c1cc(C(C)C)c(OS(=O)(=O)NC(=O)Cc2c(C(C)C)cccc2C(C)C)c(C(C)C)c1. The van der Waals surface area contributed by atoms with Crippen molar-refractivity contribution in [1.82, 2.24) is 4.72 Å². The predicted octanol–water partition coefficient (Wildman–Crippen LogP) is 7.29. The molecule has 6 heteroatoms. The smallest absolute Gasteiger partial charge is 0.366 e. The molecule has 194 valence electrons. The molecular weight excluding hydrogens is 458 g/mol. The summed E-state index contributed by atoms with van der Waals surface area (Å²) in [7, 11) is -4.36. The van der Waals surface area contributed by atoms with E-state index in [0.717, 1.165) is 33.4 Å². The third kappa shape index (κ3) is 7.33. The fourth-order valence-corrected chi connectivity index (χ4v) is 5.17. The van der Waals surface area contributed by atoms with Crippen molar-refractivity contribution in [3.8, 4) is 5.75 Å². The Balaban J connectivity index is 2.41. The second-order valence-corrected chi connectivity index (χ2v) is 12.2. The third-order valence-corrected chi connectivity index (χ3v) is 7.20. The molecule has 0 aliphatic heterocycles. The summed E-state index contributed by atoms with van der Waals surface area (Å²) in [6, 6.07) is 10.0. The minimum Gasteiger partial charge on any atom is -0.366 e. The second-order valence-electron chi connectivity index (χ2n) is 11.0. The van der Waals surface area contributed by atoms with Gasteiger partial charge in [0.05, 0.1) is 6.42 Å². The van der Waals surface area contributed by atoms with Gasteiger partial charge in [0.2, 0.25) is 5.91 Å². The van der Waals surface area contributed by atoms with Gasteiger partial charge in [-0.05, 0) is 63.0 Å². The molecule has 0 radical (unpaired) electrons. The van der Waals surface area contributed by atoms with E-state index in [1.807, 2.05) is 58.0 Å². The summed E-state index contributed by atoms with van der Waals surface area (Å²) in [4.78, 5) is 13.0. The number of hydrogen-bond donors (Lipinski definition) is 1. The van der Waals surface area contributed by atoms with Crippen molar-refractivity contribution in [2.75, 3.05) is 0 Å². The predicted molar refractivity (Wildman–Crippen MR) is 145 cm³/mol. The van der Waals surface area contributed by atoms with E-state index in [-0.39, 0.29) is 30.1 Å². The van der Waals surface area contributed by atoms with Gasteiger partial charge in [0, 0.05) is 0 Å². The van der Waals surface area contributed by atoms with E-state index in [0.29, 0.717) is 11.7 Å². The molecule has 0 aromatic heterocycles. The quantitative estimate of drug-likeness (QED) is 0.371. The molecule has 0 spiro atoms. The number of amides is 1. The summed E-state index contributed by atoms with van der Waals surface area (Å²) >= 11 is 0. The lowest BCUT2D eigenvalue weighted by Gasteiger charge is -2.22. The highest BCUT2D eigenvalue weighted by Gasteiger charge is 2.26. The van der Waals surface area contributed by atoms with Crippen molar-refractivity contribution in [2.24, 2.45) is 0 Å². The Bertz CT molecular complexity index is 1090. The summed E-state index contributed by atoms with van der Waals surface area (Å²) in [6.45, 7) is 20.6. The molecule has 2 aromatic rings. The number of carbonyl (C=O) groups excluding carboxylic acids is 1. The van der Waals surface area contributed by atoms with Gasteiger partial charge in [-0.25, -0.2) is 4.72 Å². The number of nitrogens with one attached hydrogen (secondary N) is 1. The summed E-state index contributed by atoms with van der Waals surface area (Å²) in [6.07, 6.45) is -0.0230. The molecule has 0 unspecified atom stereocenters. The van der Waals surface area contributed by atoms with Gasteiger partial charge in [0.25, 0.3) is 0 Å². The Hall–Kier alpha value is -2.34. The Kier molecular flexibility index (Phi) is 9.57. The average Bonchev–Trinajstić information content (AvgIpc) is 2.72. The lowest BCUT2D eigenvalue weighted by atomic mass is 9.87. The van der Waals surface area contributed by atoms with Crippen molar-refractivity contribution in [1.29, 1.82) is 0 Å². The van der Waals surface area contributed by atoms with Gasteiger partial charge in [-0.1, -0.05) is 99.6 Å². The summed E-state index contributed by atoms with van der Waals surface area (Å²) in [5, 5.41) is 0. The Labute approximate surface area is 212 Å². The van der Waals surface area contributed by atoms with Crippen LogP contribution in [0.1, 0.15) is 132 Å². The van der Waals surface area contributed by atoms with Crippen molar-refractivity contribution in [3.63, 3.8) is 0 Å². The van der Waals surface area contributed by atoms with Crippen LogP contribution in [0.5, 0.6) is 5.75 Å². The maximum Gasteiger partial charge on any atom is 0.409 e. The van der Waals surface area contributed by atoms with Crippen LogP contribution in [0.15, 0.2) is 30.3 Å². The third-order valence-electron chi connectivity index (χ3n) is 6.34. The molecule has 1 amide bonds. The van der Waals surface area contributed by atoms with Gasteiger partial charge < -0.3 is 4.18 Å². The lowest BCUT2D eigenvalue weighted by Crippen LogP contribution is -2.36. The number of rotatable bonds is 10. The molecule has 0 saturated carbocycles. The molecule has 0 heterocycles. The van der Waals surface area contributed by atoms with Crippen LogP contribution < -0.4 is 8.91 Å². The van der Waals surface area contributed by atoms with Gasteiger partial charge in [-0.2, -0.15) is 8.42 Å². The monoisotopic (exact) mass is 501 g/mol. The first-order valence-corrected chi connectivity index (χ1v) is 14.1. The van der Waals surface area contributed by atoms with E-state index >= 15 is 0 Å². The standard InChI is InChI=1S/C29H43NO4S/c1-17(2)22-14-25(20(7)8)29(26(15-22)21(9)10)34-35(32,33)30-28(31)16-27-23(18(3)4)12-11-13-24(27)19(5)6/h11-15,17-21H,16H2,1-10H3,(H,30,31). The van der Waals surface area contributed by atoms with Gasteiger partial charge in [-0.3, -0.25) is 4.79 Å². The van der Waals surface area contributed by atoms with Crippen molar-refractivity contribution in [2.45, 2.75) is 105 Å². The van der Waals surface area contributed by atoms with E-state index < -0.39 is 16.2 Å². The van der Waals surface area contributed by atoms with Crippen LogP contribution in [-0.2, 0) is 21.5 Å². The van der Waals surface area contributed by atoms with E-state index in [9.17, 15) is 13.2 Å². The lowest BCUT2D eigenvalue weighted by molar-refractivity contribution is -0.118. The fourth-order valence-electron chi connectivity index (χ4n) is 4.36. The zero-order valence-electron chi connectivity index (χ0n) is 23.0. The number of carbonyl (C=O) groups is 1.